The van der Waals surface area contributed by atoms with Crippen LogP contribution in [-0.4, -0.2) is 48.4 Å². The van der Waals surface area contributed by atoms with Crippen LogP contribution in [0.15, 0.2) is 0 Å². The van der Waals surface area contributed by atoms with E-state index >= 15 is 0 Å². The lowest BCUT2D eigenvalue weighted by Gasteiger charge is -2.41. The number of nitrogens with zero attached hydrogens (tertiary/aromatic N) is 1. The second-order valence-electron chi connectivity index (χ2n) is 8.59. The minimum Gasteiger partial charge on any atom is -0.352 e. The zero-order chi connectivity index (χ0) is 17.7. The molecular formula is C19H35N3O2. The third kappa shape index (κ3) is 5.47. The number of likely N-dealkylation sites (tertiary alicyclic amines) is 1. The van der Waals surface area contributed by atoms with Crippen LogP contribution < -0.4 is 10.6 Å². The summed E-state index contributed by atoms with van der Waals surface area (Å²) in [6.45, 7) is 10.4. The molecule has 0 aromatic carbocycles. The highest BCUT2D eigenvalue weighted by Gasteiger charge is 2.34. The first-order valence-corrected chi connectivity index (χ1v) is 9.55. The van der Waals surface area contributed by atoms with Gasteiger partial charge in [-0.25, -0.2) is 0 Å². The molecule has 1 saturated carbocycles. The summed E-state index contributed by atoms with van der Waals surface area (Å²) in [6, 6.07) is 0.656. The van der Waals surface area contributed by atoms with E-state index in [0.29, 0.717) is 18.5 Å². The molecule has 1 aliphatic heterocycles. The van der Waals surface area contributed by atoms with E-state index < -0.39 is 0 Å². The van der Waals surface area contributed by atoms with E-state index in [-0.39, 0.29) is 23.3 Å². The largest absolute Gasteiger partial charge is 0.352 e. The number of carbonyl (C=O) groups excluding carboxylic acids is 2. The van der Waals surface area contributed by atoms with Crippen molar-refractivity contribution >= 4 is 11.8 Å². The average molecular weight is 338 g/mol. The molecule has 0 radical (unpaired) electrons. The molecule has 2 rings (SSSR count). The molecule has 1 aliphatic carbocycles. The van der Waals surface area contributed by atoms with Gasteiger partial charge in [-0.15, -0.1) is 0 Å². The van der Waals surface area contributed by atoms with E-state index in [0.717, 1.165) is 25.9 Å². The first kappa shape index (κ1) is 19.2. The van der Waals surface area contributed by atoms with Gasteiger partial charge in [-0.2, -0.15) is 0 Å². The Bertz CT molecular complexity index is 436. The highest BCUT2D eigenvalue weighted by atomic mass is 16.2. The van der Waals surface area contributed by atoms with E-state index in [1.165, 1.54) is 25.7 Å². The van der Waals surface area contributed by atoms with Crippen molar-refractivity contribution in [3.05, 3.63) is 0 Å². The van der Waals surface area contributed by atoms with Gasteiger partial charge in [0.05, 0.1) is 6.54 Å². The predicted molar refractivity (Wildman–Crippen MR) is 96.6 cm³/mol. The summed E-state index contributed by atoms with van der Waals surface area (Å²) in [4.78, 5) is 25.5. The molecule has 0 spiro atoms. The Kier molecular flexibility index (Phi) is 6.67. The summed E-state index contributed by atoms with van der Waals surface area (Å²) in [5, 5.41) is 6.65. The number of carbonyl (C=O) groups is 2. The number of rotatable bonds is 4. The molecule has 2 N–H and O–H groups in total. The Balaban J connectivity index is 1.74. The van der Waals surface area contributed by atoms with Gasteiger partial charge in [0.15, 0.2) is 0 Å². The highest BCUT2D eigenvalue weighted by Crippen LogP contribution is 2.37. The van der Waals surface area contributed by atoms with Crippen LogP contribution >= 0.6 is 0 Å². The van der Waals surface area contributed by atoms with Crippen molar-refractivity contribution in [3.8, 4) is 0 Å². The van der Waals surface area contributed by atoms with Gasteiger partial charge < -0.3 is 15.5 Å². The van der Waals surface area contributed by atoms with Crippen molar-refractivity contribution in [2.24, 2.45) is 11.3 Å². The predicted octanol–water partition coefficient (Wildman–Crippen LogP) is 2.31. The summed E-state index contributed by atoms with van der Waals surface area (Å²) in [6.07, 6.45) is 6.72. The molecule has 2 aliphatic rings. The molecule has 0 aromatic heterocycles. The topological polar surface area (TPSA) is 61.4 Å². The molecule has 0 aromatic rings. The number of piperidine rings is 1. The SMILES string of the molecule is CC(=O)N1CCC(NC(=O)CN[C@H]2CCCC[C@H]2C(C)(C)C)CC1. The quantitative estimate of drug-likeness (QED) is 0.827. The number of amides is 2. The van der Waals surface area contributed by atoms with Crippen LogP contribution in [0.1, 0.15) is 66.2 Å². The van der Waals surface area contributed by atoms with Crippen LogP contribution in [0.5, 0.6) is 0 Å². The fourth-order valence-electron chi connectivity index (χ4n) is 4.25. The Labute approximate surface area is 146 Å². The molecule has 2 atom stereocenters. The lowest BCUT2D eigenvalue weighted by atomic mass is 9.69. The van der Waals surface area contributed by atoms with Gasteiger partial charge in [-0.1, -0.05) is 33.6 Å². The zero-order valence-electron chi connectivity index (χ0n) is 15.9. The van der Waals surface area contributed by atoms with Gasteiger partial charge in [0, 0.05) is 32.1 Å². The monoisotopic (exact) mass is 337 g/mol. The third-order valence-corrected chi connectivity index (χ3v) is 5.71. The lowest BCUT2D eigenvalue weighted by Crippen LogP contribution is -2.51. The van der Waals surface area contributed by atoms with Crippen molar-refractivity contribution in [1.82, 2.24) is 15.5 Å². The molecule has 1 heterocycles. The Morgan fingerprint density at radius 3 is 2.25 bits per heavy atom. The normalized spacial score (nSPS) is 26.2. The van der Waals surface area contributed by atoms with E-state index in [1.54, 1.807) is 6.92 Å². The molecular weight excluding hydrogens is 302 g/mol. The van der Waals surface area contributed by atoms with Crippen molar-refractivity contribution in [1.29, 1.82) is 0 Å². The smallest absolute Gasteiger partial charge is 0.234 e. The van der Waals surface area contributed by atoms with Gasteiger partial charge >= 0.3 is 0 Å². The number of nitrogens with one attached hydrogen (secondary N) is 2. The van der Waals surface area contributed by atoms with E-state index in [9.17, 15) is 9.59 Å². The first-order chi connectivity index (χ1) is 11.3. The van der Waals surface area contributed by atoms with Crippen LogP contribution in [0.3, 0.4) is 0 Å². The van der Waals surface area contributed by atoms with Crippen molar-refractivity contribution in [3.63, 3.8) is 0 Å². The van der Waals surface area contributed by atoms with Gasteiger partial charge in [0.25, 0.3) is 0 Å². The van der Waals surface area contributed by atoms with Gasteiger partial charge in [0.1, 0.15) is 0 Å². The molecule has 2 fully saturated rings. The van der Waals surface area contributed by atoms with Gasteiger partial charge in [0.2, 0.25) is 11.8 Å². The van der Waals surface area contributed by atoms with Crippen molar-refractivity contribution < 1.29 is 9.59 Å². The molecule has 1 saturated heterocycles. The van der Waals surface area contributed by atoms with E-state index in [2.05, 4.69) is 31.4 Å². The minimum atomic E-state index is 0.0921. The maximum Gasteiger partial charge on any atom is 0.234 e. The van der Waals surface area contributed by atoms with Crippen LogP contribution in [0.2, 0.25) is 0 Å². The summed E-state index contributed by atoms with van der Waals surface area (Å²) in [7, 11) is 0. The zero-order valence-corrected chi connectivity index (χ0v) is 15.9. The summed E-state index contributed by atoms with van der Waals surface area (Å²) >= 11 is 0. The van der Waals surface area contributed by atoms with Gasteiger partial charge in [-0.3, -0.25) is 9.59 Å². The molecule has 138 valence electrons. The van der Waals surface area contributed by atoms with E-state index in [4.69, 9.17) is 0 Å². The Morgan fingerprint density at radius 2 is 1.67 bits per heavy atom. The first-order valence-electron chi connectivity index (χ1n) is 9.55. The minimum absolute atomic E-state index is 0.0921. The molecule has 0 bridgehead atoms. The molecule has 5 heteroatoms. The molecule has 2 amide bonds. The fraction of sp³-hybridized carbons (Fsp3) is 0.895. The third-order valence-electron chi connectivity index (χ3n) is 5.71. The Morgan fingerprint density at radius 1 is 1.04 bits per heavy atom. The maximum absolute atomic E-state index is 12.3. The van der Waals surface area contributed by atoms with Crippen LogP contribution in [0.25, 0.3) is 0 Å². The molecule has 0 unspecified atom stereocenters. The Hall–Kier alpha value is -1.10. The van der Waals surface area contributed by atoms with E-state index in [1.807, 2.05) is 4.90 Å². The van der Waals surface area contributed by atoms with Crippen molar-refractivity contribution in [2.75, 3.05) is 19.6 Å². The van der Waals surface area contributed by atoms with Gasteiger partial charge in [-0.05, 0) is 37.0 Å². The maximum atomic E-state index is 12.3. The standard InChI is InChI=1S/C19H35N3O2/c1-14(23)22-11-9-15(10-12-22)21-18(24)13-20-17-8-6-5-7-16(17)19(2,3)4/h15-17,20H,5-13H2,1-4H3,(H,21,24)/t16-,17+/m1/s1. The fourth-order valence-corrected chi connectivity index (χ4v) is 4.25. The number of hydrogen-bond donors (Lipinski definition) is 2. The summed E-state index contributed by atoms with van der Waals surface area (Å²) in [5.74, 6) is 0.860. The average Bonchev–Trinajstić information content (AvgIpc) is 2.53. The van der Waals surface area contributed by atoms with Crippen LogP contribution in [0, 0.1) is 11.3 Å². The summed E-state index contributed by atoms with van der Waals surface area (Å²) < 4.78 is 0. The summed E-state index contributed by atoms with van der Waals surface area (Å²) in [5.41, 5.74) is 0.286. The number of hydrogen-bond acceptors (Lipinski definition) is 3. The highest BCUT2D eigenvalue weighted by molar-refractivity contribution is 5.78. The molecule has 5 nitrogen and oxygen atoms in total. The lowest BCUT2D eigenvalue weighted by molar-refractivity contribution is -0.130. The second kappa shape index (κ2) is 8.32. The molecule has 24 heavy (non-hydrogen) atoms. The second-order valence-corrected chi connectivity index (χ2v) is 8.59. The van der Waals surface area contributed by atoms with Crippen LogP contribution in [0.4, 0.5) is 0 Å². The van der Waals surface area contributed by atoms with Crippen molar-refractivity contribution in [2.45, 2.75) is 78.3 Å². The van der Waals surface area contributed by atoms with Crippen LogP contribution in [-0.2, 0) is 9.59 Å².